The summed E-state index contributed by atoms with van der Waals surface area (Å²) in [6.07, 6.45) is 2.29. The molecule has 0 saturated carbocycles. The van der Waals surface area contributed by atoms with E-state index in [1.807, 2.05) is 12.3 Å². The average Bonchev–Trinajstić information content (AvgIpc) is 2.87. The van der Waals surface area contributed by atoms with E-state index >= 15 is 0 Å². The van der Waals surface area contributed by atoms with Gasteiger partial charge in [0.2, 0.25) is 0 Å². The van der Waals surface area contributed by atoms with Gasteiger partial charge in [-0.2, -0.15) is 0 Å². The van der Waals surface area contributed by atoms with Crippen LogP contribution in [0.4, 0.5) is 0 Å². The topological polar surface area (TPSA) is 38.3 Å². The maximum Gasteiger partial charge on any atom is 0.261 e. The zero-order chi connectivity index (χ0) is 11.5. The van der Waals surface area contributed by atoms with E-state index < -0.39 is 0 Å². The molecule has 1 aliphatic rings. The van der Waals surface area contributed by atoms with E-state index in [1.54, 1.807) is 6.07 Å². The van der Waals surface area contributed by atoms with Gasteiger partial charge in [0, 0.05) is 16.9 Å². The Hall–Kier alpha value is -0.520. The highest BCUT2D eigenvalue weighted by Crippen LogP contribution is 2.19. The molecular weight excluding hydrogens is 242 g/mol. The summed E-state index contributed by atoms with van der Waals surface area (Å²) in [6.45, 7) is 2.80. The van der Waals surface area contributed by atoms with Crippen molar-refractivity contribution in [2.24, 2.45) is 0 Å². The molecule has 0 bridgehead atoms. The van der Waals surface area contributed by atoms with Crippen molar-refractivity contribution in [1.29, 1.82) is 0 Å². The molecule has 1 fully saturated rings. The number of hydrogen-bond donors (Lipinski definition) is 2. The number of rotatable bonds is 3. The summed E-state index contributed by atoms with van der Waals surface area (Å²) in [5.74, 6) is -0.0340. The molecule has 3 nitrogen and oxygen atoms in total. The van der Waals surface area contributed by atoms with Gasteiger partial charge in [-0.15, -0.1) is 24.0 Å². The van der Waals surface area contributed by atoms with Crippen LogP contribution in [-0.2, 0) is 4.74 Å². The summed E-state index contributed by atoms with van der Waals surface area (Å²) >= 11 is 5.60. The van der Waals surface area contributed by atoms with Crippen LogP contribution in [0, 0.1) is 0 Å². The molecule has 1 saturated heterocycles. The van der Waals surface area contributed by atoms with Gasteiger partial charge in [0.05, 0.1) is 17.0 Å². The van der Waals surface area contributed by atoms with Gasteiger partial charge in [0.25, 0.3) is 5.91 Å². The van der Waals surface area contributed by atoms with E-state index in [9.17, 15) is 4.79 Å². The highest BCUT2D eigenvalue weighted by molar-refractivity contribution is 7.80. The first-order valence-electron chi connectivity index (χ1n) is 5.37. The Kier molecular flexibility index (Phi) is 3.89. The van der Waals surface area contributed by atoms with Crippen LogP contribution in [0.5, 0.6) is 0 Å². The van der Waals surface area contributed by atoms with E-state index in [1.165, 1.54) is 11.3 Å². The molecule has 1 aliphatic heterocycles. The van der Waals surface area contributed by atoms with Crippen molar-refractivity contribution in [3.8, 4) is 0 Å². The van der Waals surface area contributed by atoms with Crippen LogP contribution < -0.4 is 5.32 Å². The molecule has 5 heteroatoms. The highest BCUT2D eigenvalue weighted by Gasteiger charge is 2.24. The van der Waals surface area contributed by atoms with Crippen molar-refractivity contribution in [1.82, 2.24) is 5.32 Å². The Morgan fingerprint density at radius 2 is 2.56 bits per heavy atom. The minimum absolute atomic E-state index is 0.0340. The van der Waals surface area contributed by atoms with Crippen LogP contribution in [0.3, 0.4) is 0 Å². The fourth-order valence-electron chi connectivity index (χ4n) is 1.81. The van der Waals surface area contributed by atoms with Crippen molar-refractivity contribution >= 4 is 29.9 Å². The van der Waals surface area contributed by atoms with E-state index in [0.29, 0.717) is 4.88 Å². The third-order valence-corrected chi connectivity index (χ3v) is 4.05. The maximum absolute atomic E-state index is 11.8. The van der Waals surface area contributed by atoms with Crippen LogP contribution in [-0.4, -0.2) is 24.7 Å². The SMILES string of the molecule is CC(NC(=O)c1cc(S)cs1)C1CCCO1. The van der Waals surface area contributed by atoms with Crippen molar-refractivity contribution in [3.63, 3.8) is 0 Å². The van der Waals surface area contributed by atoms with E-state index in [4.69, 9.17) is 4.74 Å². The molecule has 2 unspecified atom stereocenters. The second-order valence-electron chi connectivity index (χ2n) is 3.98. The lowest BCUT2D eigenvalue weighted by molar-refractivity contribution is 0.0714. The molecule has 0 radical (unpaired) electrons. The second kappa shape index (κ2) is 5.21. The Balaban J connectivity index is 1.91. The van der Waals surface area contributed by atoms with Crippen LogP contribution >= 0.6 is 24.0 Å². The number of carbonyl (C=O) groups excluding carboxylic acids is 1. The maximum atomic E-state index is 11.8. The summed E-state index contributed by atoms with van der Waals surface area (Å²) in [7, 11) is 0. The molecule has 0 aromatic carbocycles. The number of amides is 1. The quantitative estimate of drug-likeness (QED) is 0.816. The molecule has 2 rings (SSSR count). The Bertz CT molecular complexity index is 372. The zero-order valence-corrected chi connectivity index (χ0v) is 10.8. The predicted octanol–water partition coefficient (Wildman–Crippen LogP) is 2.33. The van der Waals surface area contributed by atoms with Crippen molar-refractivity contribution < 1.29 is 9.53 Å². The zero-order valence-electron chi connectivity index (χ0n) is 9.10. The smallest absolute Gasteiger partial charge is 0.261 e. The number of thiophene rings is 1. The van der Waals surface area contributed by atoms with Crippen LogP contribution in [0.2, 0.25) is 0 Å². The Morgan fingerprint density at radius 1 is 1.75 bits per heavy atom. The summed E-state index contributed by atoms with van der Waals surface area (Å²) in [5.41, 5.74) is 0. The van der Waals surface area contributed by atoms with Crippen molar-refractivity contribution in [3.05, 3.63) is 16.3 Å². The Morgan fingerprint density at radius 3 is 3.12 bits per heavy atom. The monoisotopic (exact) mass is 257 g/mol. The summed E-state index contributed by atoms with van der Waals surface area (Å²) in [6, 6.07) is 1.85. The van der Waals surface area contributed by atoms with Gasteiger partial charge >= 0.3 is 0 Å². The third-order valence-electron chi connectivity index (χ3n) is 2.69. The fraction of sp³-hybridized carbons (Fsp3) is 0.545. The van der Waals surface area contributed by atoms with E-state index in [2.05, 4.69) is 17.9 Å². The van der Waals surface area contributed by atoms with Gasteiger partial charge in [0.1, 0.15) is 0 Å². The lowest BCUT2D eigenvalue weighted by atomic mass is 10.1. The first-order valence-corrected chi connectivity index (χ1v) is 6.69. The first kappa shape index (κ1) is 12.0. The Labute approximate surface area is 105 Å². The number of carbonyl (C=O) groups is 1. The highest BCUT2D eigenvalue weighted by atomic mass is 32.1. The van der Waals surface area contributed by atoms with Gasteiger partial charge in [-0.05, 0) is 25.8 Å². The molecule has 1 N–H and O–H groups in total. The molecule has 1 aromatic rings. The molecule has 1 amide bonds. The lowest BCUT2D eigenvalue weighted by Gasteiger charge is -2.19. The van der Waals surface area contributed by atoms with E-state index in [0.717, 1.165) is 24.3 Å². The average molecular weight is 257 g/mol. The molecule has 88 valence electrons. The van der Waals surface area contributed by atoms with Gasteiger partial charge in [-0.3, -0.25) is 4.79 Å². The normalized spacial score (nSPS) is 22.0. The summed E-state index contributed by atoms with van der Waals surface area (Å²) in [4.78, 5) is 13.4. The summed E-state index contributed by atoms with van der Waals surface area (Å²) in [5, 5.41) is 4.82. The van der Waals surface area contributed by atoms with Crippen LogP contribution in [0.1, 0.15) is 29.4 Å². The van der Waals surface area contributed by atoms with Gasteiger partial charge in [-0.25, -0.2) is 0 Å². The van der Waals surface area contributed by atoms with Gasteiger partial charge < -0.3 is 10.1 Å². The minimum Gasteiger partial charge on any atom is -0.376 e. The van der Waals surface area contributed by atoms with E-state index in [-0.39, 0.29) is 18.1 Å². The molecule has 2 heterocycles. The van der Waals surface area contributed by atoms with Gasteiger partial charge in [-0.1, -0.05) is 0 Å². The van der Waals surface area contributed by atoms with Crippen molar-refractivity contribution in [2.45, 2.75) is 36.8 Å². The molecule has 1 aromatic heterocycles. The second-order valence-corrected chi connectivity index (χ2v) is 5.41. The summed E-state index contributed by atoms with van der Waals surface area (Å²) < 4.78 is 5.53. The molecule has 0 aliphatic carbocycles. The van der Waals surface area contributed by atoms with Gasteiger partial charge in [0.15, 0.2) is 0 Å². The molecule has 16 heavy (non-hydrogen) atoms. The first-order chi connectivity index (χ1) is 7.66. The number of hydrogen-bond acceptors (Lipinski definition) is 4. The molecule has 0 spiro atoms. The fourth-order valence-corrected chi connectivity index (χ4v) is 2.86. The largest absolute Gasteiger partial charge is 0.376 e. The predicted molar refractivity (Wildman–Crippen MR) is 67.5 cm³/mol. The number of thiol groups is 1. The minimum atomic E-state index is -0.0340. The standard InChI is InChI=1S/C11H15NO2S2/c1-7(9-3-2-4-14-9)12-11(13)10-5-8(15)6-16-10/h5-7,9,15H,2-4H2,1H3,(H,12,13). The van der Waals surface area contributed by atoms with Crippen molar-refractivity contribution in [2.75, 3.05) is 6.61 Å². The van der Waals surface area contributed by atoms with Crippen LogP contribution in [0.25, 0.3) is 0 Å². The van der Waals surface area contributed by atoms with Crippen LogP contribution in [0.15, 0.2) is 16.3 Å². The molecular formula is C11H15NO2S2. The number of nitrogens with one attached hydrogen (secondary N) is 1. The lowest BCUT2D eigenvalue weighted by Crippen LogP contribution is -2.40. The molecule has 2 atom stereocenters. The third kappa shape index (κ3) is 2.78. The number of ether oxygens (including phenoxy) is 1.